The number of piperazine rings is 1. The van der Waals surface area contributed by atoms with E-state index in [1.165, 1.54) is 11.3 Å². The van der Waals surface area contributed by atoms with Crippen molar-refractivity contribution in [3.8, 4) is 0 Å². The van der Waals surface area contributed by atoms with Crippen LogP contribution in [0.3, 0.4) is 0 Å². The molecular weight excluding hydrogens is 384 g/mol. The lowest BCUT2D eigenvalue weighted by Crippen LogP contribution is -2.52. The molecule has 0 aliphatic carbocycles. The Kier molecular flexibility index (Phi) is 8.23. The van der Waals surface area contributed by atoms with Crippen molar-refractivity contribution in [1.29, 1.82) is 0 Å². The van der Waals surface area contributed by atoms with Gasteiger partial charge in [0, 0.05) is 57.0 Å². The molecule has 0 radical (unpaired) electrons. The average molecular weight is 429 g/mol. The molecule has 31 heavy (non-hydrogen) atoms. The van der Waals surface area contributed by atoms with Crippen LogP contribution in [0.5, 0.6) is 0 Å². The standard InChI is InChI=1S/C25H44N6/c1-7-26-24(27-18-23-19-29(5)16-17-30(23)6)28-21-12-14-31(15-13-21)22-10-8-20(9-11-22)25(2,3)4/h8-11,21,23H,7,12-19H2,1-6H3,(H2,26,27,28). The first kappa shape index (κ1) is 23.9. The number of piperidine rings is 1. The maximum Gasteiger partial charge on any atom is 0.191 e. The number of anilines is 1. The first-order valence-electron chi connectivity index (χ1n) is 12.1. The third-order valence-electron chi connectivity index (χ3n) is 6.72. The maximum absolute atomic E-state index is 4.94. The minimum Gasteiger partial charge on any atom is -0.371 e. The van der Waals surface area contributed by atoms with Gasteiger partial charge in [0.05, 0.1) is 6.54 Å². The lowest BCUT2D eigenvalue weighted by molar-refractivity contribution is 0.119. The van der Waals surface area contributed by atoms with E-state index in [1.54, 1.807) is 0 Å². The normalized spacial score (nSPS) is 22.6. The Labute approximate surface area is 190 Å². The van der Waals surface area contributed by atoms with E-state index >= 15 is 0 Å². The number of aliphatic imine (C=N–C) groups is 1. The van der Waals surface area contributed by atoms with Gasteiger partial charge in [0.2, 0.25) is 0 Å². The van der Waals surface area contributed by atoms with E-state index in [9.17, 15) is 0 Å². The van der Waals surface area contributed by atoms with Crippen molar-refractivity contribution in [1.82, 2.24) is 20.4 Å². The molecule has 1 aromatic carbocycles. The van der Waals surface area contributed by atoms with Crippen LogP contribution in [-0.2, 0) is 5.41 Å². The second-order valence-corrected chi connectivity index (χ2v) is 10.3. The van der Waals surface area contributed by atoms with E-state index in [2.05, 4.69) is 91.4 Å². The Morgan fingerprint density at radius 1 is 1.03 bits per heavy atom. The number of nitrogens with one attached hydrogen (secondary N) is 2. The molecule has 1 atom stereocenters. The summed E-state index contributed by atoms with van der Waals surface area (Å²) in [6, 6.07) is 10.1. The van der Waals surface area contributed by atoms with Gasteiger partial charge < -0.3 is 20.4 Å². The van der Waals surface area contributed by atoms with Gasteiger partial charge in [-0.3, -0.25) is 9.89 Å². The number of hydrogen-bond acceptors (Lipinski definition) is 4. The van der Waals surface area contributed by atoms with Crippen molar-refractivity contribution in [2.75, 3.05) is 64.8 Å². The van der Waals surface area contributed by atoms with Gasteiger partial charge in [0.15, 0.2) is 5.96 Å². The molecule has 2 fully saturated rings. The molecule has 0 spiro atoms. The molecule has 0 aromatic heterocycles. The third kappa shape index (κ3) is 6.84. The van der Waals surface area contributed by atoms with Gasteiger partial charge in [-0.15, -0.1) is 0 Å². The van der Waals surface area contributed by atoms with Crippen molar-refractivity contribution >= 4 is 11.6 Å². The van der Waals surface area contributed by atoms with Gasteiger partial charge in [-0.05, 0) is 57.0 Å². The summed E-state index contributed by atoms with van der Waals surface area (Å²) in [7, 11) is 4.43. The monoisotopic (exact) mass is 428 g/mol. The SMILES string of the molecule is CCNC(=NCC1CN(C)CCN1C)NC1CCN(c2ccc(C(C)(C)C)cc2)CC1. The summed E-state index contributed by atoms with van der Waals surface area (Å²) in [5, 5.41) is 7.16. The zero-order valence-electron chi connectivity index (χ0n) is 20.6. The molecule has 1 aromatic rings. The van der Waals surface area contributed by atoms with E-state index in [0.29, 0.717) is 12.1 Å². The summed E-state index contributed by atoms with van der Waals surface area (Å²) in [6.45, 7) is 16.2. The summed E-state index contributed by atoms with van der Waals surface area (Å²) in [4.78, 5) is 12.3. The van der Waals surface area contributed by atoms with Crippen molar-refractivity contribution in [2.24, 2.45) is 4.99 Å². The highest BCUT2D eigenvalue weighted by Gasteiger charge is 2.23. The lowest BCUT2D eigenvalue weighted by atomic mass is 9.87. The van der Waals surface area contributed by atoms with Crippen LogP contribution in [0.2, 0.25) is 0 Å². The van der Waals surface area contributed by atoms with Crippen LogP contribution in [-0.4, -0.2) is 87.8 Å². The molecule has 0 saturated carbocycles. The molecule has 6 nitrogen and oxygen atoms in total. The summed E-state index contributed by atoms with van der Waals surface area (Å²) in [5.41, 5.74) is 2.95. The van der Waals surface area contributed by atoms with Crippen LogP contribution < -0.4 is 15.5 Å². The van der Waals surface area contributed by atoms with Gasteiger partial charge in [0.25, 0.3) is 0 Å². The number of guanidine groups is 1. The Balaban J connectivity index is 1.51. The minimum absolute atomic E-state index is 0.208. The van der Waals surface area contributed by atoms with E-state index in [4.69, 9.17) is 4.99 Å². The van der Waals surface area contributed by atoms with E-state index in [0.717, 1.165) is 64.6 Å². The van der Waals surface area contributed by atoms with Crippen molar-refractivity contribution in [3.05, 3.63) is 29.8 Å². The number of hydrogen-bond donors (Lipinski definition) is 2. The number of benzene rings is 1. The molecule has 2 aliphatic heterocycles. The van der Waals surface area contributed by atoms with E-state index < -0.39 is 0 Å². The zero-order chi connectivity index (χ0) is 22.4. The molecule has 0 amide bonds. The van der Waals surface area contributed by atoms with Crippen molar-refractivity contribution < 1.29 is 0 Å². The first-order chi connectivity index (χ1) is 14.8. The first-order valence-corrected chi connectivity index (χ1v) is 12.1. The fraction of sp³-hybridized carbons (Fsp3) is 0.720. The Morgan fingerprint density at radius 2 is 1.71 bits per heavy atom. The highest BCUT2D eigenvalue weighted by molar-refractivity contribution is 5.80. The summed E-state index contributed by atoms with van der Waals surface area (Å²) in [5.74, 6) is 0.970. The van der Waals surface area contributed by atoms with Crippen LogP contribution >= 0.6 is 0 Å². The van der Waals surface area contributed by atoms with E-state index in [-0.39, 0.29) is 5.41 Å². The van der Waals surface area contributed by atoms with Crippen molar-refractivity contribution in [2.45, 2.75) is 58.0 Å². The number of rotatable bonds is 5. The Hall–Kier alpha value is -1.79. The minimum atomic E-state index is 0.208. The smallest absolute Gasteiger partial charge is 0.191 e. The molecule has 2 saturated heterocycles. The molecule has 6 heteroatoms. The maximum atomic E-state index is 4.94. The van der Waals surface area contributed by atoms with Crippen LogP contribution in [0.25, 0.3) is 0 Å². The highest BCUT2D eigenvalue weighted by Crippen LogP contribution is 2.26. The van der Waals surface area contributed by atoms with Gasteiger partial charge in [-0.2, -0.15) is 0 Å². The predicted molar refractivity (Wildman–Crippen MR) is 133 cm³/mol. The Bertz CT molecular complexity index is 700. The molecule has 3 rings (SSSR count). The van der Waals surface area contributed by atoms with Crippen LogP contribution in [0.15, 0.2) is 29.3 Å². The topological polar surface area (TPSA) is 46.1 Å². The number of nitrogens with zero attached hydrogens (tertiary/aromatic N) is 4. The quantitative estimate of drug-likeness (QED) is 0.558. The average Bonchev–Trinajstić information content (AvgIpc) is 2.74. The molecule has 2 aliphatic rings. The van der Waals surface area contributed by atoms with E-state index in [1.807, 2.05) is 0 Å². The molecule has 2 N–H and O–H groups in total. The third-order valence-corrected chi connectivity index (χ3v) is 6.72. The number of likely N-dealkylation sites (N-methyl/N-ethyl adjacent to an activating group) is 2. The fourth-order valence-corrected chi connectivity index (χ4v) is 4.46. The van der Waals surface area contributed by atoms with Gasteiger partial charge in [-0.1, -0.05) is 32.9 Å². The second kappa shape index (κ2) is 10.7. The zero-order valence-corrected chi connectivity index (χ0v) is 20.6. The molecule has 1 unspecified atom stereocenters. The highest BCUT2D eigenvalue weighted by atomic mass is 15.3. The second-order valence-electron chi connectivity index (χ2n) is 10.3. The summed E-state index contributed by atoms with van der Waals surface area (Å²) in [6.07, 6.45) is 2.27. The molecule has 174 valence electrons. The largest absolute Gasteiger partial charge is 0.371 e. The van der Waals surface area contributed by atoms with Crippen LogP contribution in [0.1, 0.15) is 46.1 Å². The molecule has 2 heterocycles. The van der Waals surface area contributed by atoms with Gasteiger partial charge >= 0.3 is 0 Å². The van der Waals surface area contributed by atoms with Crippen LogP contribution in [0.4, 0.5) is 5.69 Å². The van der Waals surface area contributed by atoms with Crippen molar-refractivity contribution in [3.63, 3.8) is 0 Å². The van der Waals surface area contributed by atoms with Crippen LogP contribution in [0, 0.1) is 0 Å². The lowest BCUT2D eigenvalue weighted by Gasteiger charge is -2.37. The Morgan fingerprint density at radius 3 is 2.32 bits per heavy atom. The van der Waals surface area contributed by atoms with Gasteiger partial charge in [-0.25, -0.2) is 0 Å². The predicted octanol–water partition coefficient (Wildman–Crippen LogP) is 2.75. The van der Waals surface area contributed by atoms with Gasteiger partial charge in [0.1, 0.15) is 0 Å². The summed E-state index contributed by atoms with van der Waals surface area (Å²) < 4.78 is 0. The fourth-order valence-electron chi connectivity index (χ4n) is 4.46. The molecule has 0 bridgehead atoms. The summed E-state index contributed by atoms with van der Waals surface area (Å²) >= 11 is 0. The molecular formula is C25H44N6.